The highest BCUT2D eigenvalue weighted by Gasteiger charge is 2.12. The molecule has 2 aromatic carbocycles. The van der Waals surface area contributed by atoms with E-state index in [9.17, 15) is 4.39 Å². The van der Waals surface area contributed by atoms with E-state index < -0.39 is 0 Å². The summed E-state index contributed by atoms with van der Waals surface area (Å²) < 4.78 is 20.6. The Balaban J connectivity index is 1.64. The average molecular weight is 398 g/mol. The largest absolute Gasteiger partial charge is 0.484 e. The van der Waals surface area contributed by atoms with Gasteiger partial charge in [0.2, 0.25) is 0 Å². The van der Waals surface area contributed by atoms with E-state index in [-0.39, 0.29) is 12.4 Å². The quantitative estimate of drug-likeness (QED) is 0.540. The molecule has 0 amide bonds. The zero-order valence-electron chi connectivity index (χ0n) is 13.2. The fourth-order valence-electron chi connectivity index (χ4n) is 2.08. The molecule has 1 heterocycles. The van der Waals surface area contributed by atoms with Gasteiger partial charge < -0.3 is 9.30 Å². The topological polar surface area (TPSA) is 39.9 Å². The first-order valence-electron chi connectivity index (χ1n) is 7.37. The monoisotopic (exact) mass is 397 g/mol. The van der Waals surface area contributed by atoms with Gasteiger partial charge in [-0.25, -0.2) is 4.39 Å². The van der Waals surface area contributed by atoms with Crippen molar-refractivity contribution in [3.63, 3.8) is 0 Å². The zero-order valence-corrected chi connectivity index (χ0v) is 15.6. The van der Waals surface area contributed by atoms with Crippen molar-refractivity contribution in [3.8, 4) is 5.75 Å². The molecular weight excluding hydrogens is 384 g/mol. The lowest BCUT2D eigenvalue weighted by Gasteiger charge is -2.08. The van der Waals surface area contributed by atoms with Crippen molar-refractivity contribution in [1.82, 2.24) is 14.8 Å². The molecule has 4 nitrogen and oxygen atoms in total. The number of rotatable bonds is 6. The molecule has 0 spiro atoms. The SMILES string of the molecule is Cn1c(COc2ccccc2Cl)nnc1SCc1ccc(F)cc1Cl. The van der Waals surface area contributed by atoms with Crippen molar-refractivity contribution in [1.29, 1.82) is 0 Å². The van der Waals surface area contributed by atoms with E-state index in [1.54, 1.807) is 18.2 Å². The molecule has 130 valence electrons. The minimum Gasteiger partial charge on any atom is -0.484 e. The van der Waals surface area contributed by atoms with Gasteiger partial charge in [0.25, 0.3) is 0 Å². The zero-order chi connectivity index (χ0) is 17.8. The summed E-state index contributed by atoms with van der Waals surface area (Å²) in [6, 6.07) is 11.6. The van der Waals surface area contributed by atoms with Crippen LogP contribution in [0.15, 0.2) is 47.6 Å². The first-order chi connectivity index (χ1) is 12.0. The second-order valence-electron chi connectivity index (χ2n) is 5.20. The van der Waals surface area contributed by atoms with E-state index in [1.807, 2.05) is 23.7 Å². The molecular formula is C17H14Cl2FN3OS. The fraction of sp³-hybridized carbons (Fsp3) is 0.176. The maximum Gasteiger partial charge on any atom is 0.191 e. The maximum absolute atomic E-state index is 13.1. The van der Waals surface area contributed by atoms with Gasteiger partial charge in [-0.2, -0.15) is 0 Å². The Morgan fingerprint density at radius 1 is 1.12 bits per heavy atom. The summed E-state index contributed by atoms with van der Waals surface area (Å²) in [7, 11) is 1.86. The van der Waals surface area contributed by atoms with Crippen LogP contribution in [0.2, 0.25) is 10.0 Å². The van der Waals surface area contributed by atoms with Crippen LogP contribution in [0.3, 0.4) is 0 Å². The molecule has 0 atom stereocenters. The summed E-state index contributed by atoms with van der Waals surface area (Å²) in [5.41, 5.74) is 0.838. The number of nitrogens with zero attached hydrogens (tertiary/aromatic N) is 3. The predicted molar refractivity (Wildman–Crippen MR) is 97.8 cm³/mol. The highest BCUT2D eigenvalue weighted by Crippen LogP contribution is 2.27. The second kappa shape index (κ2) is 8.08. The van der Waals surface area contributed by atoms with Crippen LogP contribution in [-0.2, 0) is 19.4 Å². The van der Waals surface area contributed by atoms with Gasteiger partial charge in [0.1, 0.15) is 18.2 Å². The third-order valence-corrected chi connectivity index (χ3v) is 5.22. The third-order valence-electron chi connectivity index (χ3n) is 3.49. The Morgan fingerprint density at radius 2 is 1.92 bits per heavy atom. The summed E-state index contributed by atoms with van der Waals surface area (Å²) in [4.78, 5) is 0. The van der Waals surface area contributed by atoms with E-state index in [0.29, 0.717) is 27.4 Å². The van der Waals surface area contributed by atoms with Gasteiger partial charge >= 0.3 is 0 Å². The van der Waals surface area contributed by atoms with Crippen LogP contribution in [0, 0.1) is 5.82 Å². The Kier molecular flexibility index (Phi) is 5.83. The molecule has 0 aliphatic heterocycles. The fourth-order valence-corrected chi connectivity index (χ4v) is 3.52. The number of ether oxygens (including phenoxy) is 1. The third kappa shape index (κ3) is 4.45. The molecule has 25 heavy (non-hydrogen) atoms. The van der Waals surface area contributed by atoms with Gasteiger partial charge in [0, 0.05) is 17.8 Å². The van der Waals surface area contributed by atoms with Gasteiger partial charge in [0.15, 0.2) is 11.0 Å². The molecule has 0 radical (unpaired) electrons. The van der Waals surface area contributed by atoms with Gasteiger partial charge in [-0.15, -0.1) is 10.2 Å². The van der Waals surface area contributed by atoms with Crippen LogP contribution in [0.4, 0.5) is 4.39 Å². The molecule has 0 unspecified atom stereocenters. The first kappa shape index (κ1) is 18.0. The number of benzene rings is 2. The Bertz CT molecular complexity index is 888. The summed E-state index contributed by atoms with van der Waals surface area (Å²) in [5.74, 6) is 1.49. The Labute approximate surface area is 158 Å². The van der Waals surface area contributed by atoms with Crippen LogP contribution in [0.1, 0.15) is 11.4 Å². The summed E-state index contributed by atoms with van der Waals surface area (Å²) in [6.45, 7) is 0.255. The number of hydrogen-bond donors (Lipinski definition) is 0. The Morgan fingerprint density at radius 3 is 2.68 bits per heavy atom. The number of aromatic nitrogens is 3. The normalized spacial score (nSPS) is 10.9. The van der Waals surface area contributed by atoms with Crippen molar-refractivity contribution in [3.05, 3.63) is 69.7 Å². The van der Waals surface area contributed by atoms with Crippen LogP contribution in [-0.4, -0.2) is 14.8 Å². The molecule has 3 aromatic rings. The standard InChI is InChI=1S/C17H14Cl2FN3OS/c1-23-16(9-24-15-5-3-2-4-13(15)18)21-22-17(23)25-10-11-6-7-12(20)8-14(11)19/h2-8H,9-10H2,1H3. The van der Waals surface area contributed by atoms with E-state index in [2.05, 4.69) is 10.2 Å². The summed E-state index contributed by atoms with van der Waals surface area (Å²) in [5, 5.41) is 9.97. The van der Waals surface area contributed by atoms with Crippen LogP contribution >= 0.6 is 35.0 Å². The molecule has 0 saturated carbocycles. The minimum absolute atomic E-state index is 0.255. The van der Waals surface area contributed by atoms with Gasteiger partial charge in [-0.05, 0) is 29.8 Å². The Hall–Kier alpha value is -1.76. The molecule has 0 N–H and O–H groups in total. The highest BCUT2D eigenvalue weighted by molar-refractivity contribution is 7.98. The number of halogens is 3. The van der Waals surface area contributed by atoms with Gasteiger partial charge in [-0.1, -0.05) is 53.2 Å². The number of para-hydroxylation sites is 1. The van der Waals surface area contributed by atoms with Crippen molar-refractivity contribution in [2.45, 2.75) is 17.5 Å². The molecule has 0 aliphatic carbocycles. The van der Waals surface area contributed by atoms with Crippen LogP contribution in [0.25, 0.3) is 0 Å². The van der Waals surface area contributed by atoms with Crippen molar-refractivity contribution in [2.24, 2.45) is 7.05 Å². The number of thioether (sulfide) groups is 1. The lowest BCUT2D eigenvalue weighted by Crippen LogP contribution is -2.04. The molecule has 1 aromatic heterocycles. The first-order valence-corrected chi connectivity index (χ1v) is 9.11. The van der Waals surface area contributed by atoms with Crippen LogP contribution in [0.5, 0.6) is 5.75 Å². The molecule has 0 saturated heterocycles. The molecule has 0 fully saturated rings. The van der Waals surface area contributed by atoms with E-state index >= 15 is 0 Å². The van der Waals surface area contributed by atoms with Crippen LogP contribution < -0.4 is 4.74 Å². The molecule has 3 rings (SSSR count). The second-order valence-corrected chi connectivity index (χ2v) is 6.96. The maximum atomic E-state index is 13.1. The van der Waals surface area contributed by atoms with Gasteiger partial charge in [-0.3, -0.25) is 0 Å². The molecule has 0 bridgehead atoms. The molecule has 0 aliphatic rings. The highest BCUT2D eigenvalue weighted by atomic mass is 35.5. The average Bonchev–Trinajstić information content (AvgIpc) is 2.94. The smallest absolute Gasteiger partial charge is 0.191 e. The summed E-state index contributed by atoms with van der Waals surface area (Å²) in [6.07, 6.45) is 0. The molecule has 8 heteroatoms. The number of hydrogen-bond acceptors (Lipinski definition) is 4. The predicted octanol–water partition coefficient (Wildman–Crippen LogP) is 5.13. The van der Waals surface area contributed by atoms with Crippen molar-refractivity contribution < 1.29 is 9.13 Å². The lowest BCUT2D eigenvalue weighted by atomic mass is 10.2. The van der Waals surface area contributed by atoms with Crippen molar-refractivity contribution >= 4 is 35.0 Å². The van der Waals surface area contributed by atoms with E-state index in [4.69, 9.17) is 27.9 Å². The minimum atomic E-state index is -0.351. The van der Waals surface area contributed by atoms with Crippen molar-refractivity contribution in [2.75, 3.05) is 0 Å². The summed E-state index contributed by atoms with van der Waals surface area (Å²) >= 11 is 13.6. The van der Waals surface area contributed by atoms with E-state index in [1.165, 1.54) is 23.9 Å². The lowest BCUT2D eigenvalue weighted by molar-refractivity contribution is 0.290. The van der Waals surface area contributed by atoms with Gasteiger partial charge in [0.05, 0.1) is 5.02 Å². The van der Waals surface area contributed by atoms with E-state index in [0.717, 1.165) is 10.7 Å².